The van der Waals surface area contributed by atoms with E-state index in [1.807, 2.05) is 6.92 Å². The molecule has 0 saturated carbocycles. The fourth-order valence-corrected chi connectivity index (χ4v) is 17.2. The van der Waals surface area contributed by atoms with Crippen LogP contribution in [0.2, 0.25) is 10.0 Å². The zero-order valence-electron chi connectivity index (χ0n) is 69.1. The number of nitrogens with one attached hydrogen (secondary N) is 5. The molecule has 17 N–H and O–H groups in total. The molecular formula is C91H101Cl2N5O28. The number of Topliss-reactive ketones (excluding diaryl/α,β-unsaturated/α-hetero) is 4. The molecule has 2 saturated heterocycles. The minimum atomic E-state index is -2.29. The van der Waals surface area contributed by atoms with E-state index in [0.717, 1.165) is 74.6 Å². The first-order valence-electron chi connectivity index (χ1n) is 41.9. The molecule has 33 nitrogen and oxygen atoms in total. The lowest BCUT2D eigenvalue weighted by Gasteiger charge is -2.41. The molecule has 17 bridgehead atoms. The van der Waals surface area contributed by atoms with Crippen molar-refractivity contribution in [1.29, 1.82) is 0 Å². The molecule has 5 unspecified atom stereocenters. The molecule has 0 spiro atoms. The summed E-state index contributed by atoms with van der Waals surface area (Å²) in [4.78, 5) is 139. The van der Waals surface area contributed by atoms with Crippen molar-refractivity contribution in [3.8, 4) is 80.1 Å². The Labute approximate surface area is 733 Å². The van der Waals surface area contributed by atoms with E-state index in [0.29, 0.717) is 37.2 Å². The number of fused-ring (bicyclic) bond motifs is 14. The Morgan fingerprint density at radius 2 is 1.23 bits per heavy atom. The Morgan fingerprint density at radius 3 is 1.94 bits per heavy atom. The molecule has 18 atom stereocenters. The number of phenols is 4. The van der Waals surface area contributed by atoms with Crippen LogP contribution in [0.1, 0.15) is 192 Å². The Morgan fingerprint density at radius 1 is 0.556 bits per heavy atom. The molecule has 2 fully saturated rings. The summed E-state index contributed by atoms with van der Waals surface area (Å²) < 4.78 is 44.7. The number of carbonyl (C=O) groups excluding carboxylic acids is 8. The zero-order chi connectivity index (χ0) is 90.4. The van der Waals surface area contributed by atoms with E-state index in [1.165, 1.54) is 79.8 Å². The number of aliphatic hydroxyl groups is 7. The van der Waals surface area contributed by atoms with Gasteiger partial charge in [0.2, 0.25) is 42.0 Å². The Bertz CT molecular complexity index is 5260. The van der Waals surface area contributed by atoms with Gasteiger partial charge in [-0.2, -0.15) is 0 Å². The van der Waals surface area contributed by atoms with Gasteiger partial charge in [0.25, 0.3) is 0 Å². The van der Waals surface area contributed by atoms with Crippen molar-refractivity contribution in [2.45, 2.75) is 227 Å². The van der Waals surface area contributed by atoms with Crippen LogP contribution < -0.4 is 50.3 Å². The number of carbonyl (C=O) groups is 9. The minimum absolute atomic E-state index is 0.0972. The van der Waals surface area contributed by atoms with Gasteiger partial charge in [-0.25, -0.2) is 4.79 Å². The zero-order valence-corrected chi connectivity index (χ0v) is 70.6. The van der Waals surface area contributed by atoms with Gasteiger partial charge in [0, 0.05) is 61.3 Å². The molecule has 0 aliphatic carbocycles. The van der Waals surface area contributed by atoms with E-state index in [2.05, 4.69) is 40.4 Å². The number of rotatable bonds is 22. The summed E-state index contributed by atoms with van der Waals surface area (Å²) >= 11 is 14.4. The normalized spacial score (nSPS) is 26.2. The van der Waals surface area contributed by atoms with E-state index in [4.69, 9.17) is 56.4 Å². The molecule has 0 aromatic heterocycles. The number of likely N-dealkylation sites (N-methyl/N-ethyl adjacent to an activating group) is 1. The average Bonchev–Trinajstić information content (AvgIpc) is 0.757. The number of carboxylic acids is 1. The van der Waals surface area contributed by atoms with Gasteiger partial charge in [-0.05, 0) is 144 Å². The van der Waals surface area contributed by atoms with Crippen LogP contribution in [-0.2, 0) is 59.0 Å². The smallest absolute Gasteiger partial charge is 0.335 e. The van der Waals surface area contributed by atoms with Crippen molar-refractivity contribution < 1.29 is 138 Å². The molecule has 4 amide bonds. The summed E-state index contributed by atoms with van der Waals surface area (Å²) in [6.45, 7) is 5.20. The number of ketones is 4. The van der Waals surface area contributed by atoms with Gasteiger partial charge in [0.1, 0.15) is 107 Å². The first-order valence-corrected chi connectivity index (χ1v) is 42.7. The second kappa shape index (κ2) is 40.3. The monoisotopic (exact) mass is 1780 g/mol. The highest BCUT2D eigenvalue weighted by Gasteiger charge is 2.52. The lowest BCUT2D eigenvalue weighted by molar-refractivity contribution is -0.277. The molecule has 15 rings (SSSR count). The molecule has 7 aromatic rings. The lowest BCUT2D eigenvalue weighted by atomic mass is 9.79. The predicted octanol–water partition coefficient (Wildman–Crippen LogP) is 9.11. The number of hydrogen-bond acceptors (Lipinski definition) is 28. The van der Waals surface area contributed by atoms with Crippen LogP contribution in [0.4, 0.5) is 0 Å². The SMILES string of the molecule is CCCCCC(=O)[C@H]1NC(=O)[C@H]2CC(=O)[C@@H](CC(=O)[C@@H]3NC(=O)[C@H]4CC(=O)[C@@H](Cc5ccc(cc5)Oc5cc3cc(c5O[C@@H]3OC(C(=O)O)[C@@H](O)C(O)C3NC(=O)CCCCCCCCC(C)C)Oc3ccc(cc3Cl)[C@H]2O)NC(=O)[C@H](NC)c2ccc(O)c(c2)Oc2cc(O)c(Cl)c4c2)c2ccc(O)c(c2)-c2c(O[C@H]3OC(CO)[C@@H](O)C(O)[C@H]3O)cc(O)cc21. The largest absolute Gasteiger partial charge is 0.508 e. The number of amides is 4. The highest BCUT2D eigenvalue weighted by atomic mass is 35.5. The van der Waals surface area contributed by atoms with Gasteiger partial charge in [-0.3, -0.25) is 38.4 Å². The van der Waals surface area contributed by atoms with Gasteiger partial charge >= 0.3 is 5.97 Å². The summed E-state index contributed by atoms with van der Waals surface area (Å²) in [5.41, 5.74) is -1.67. The third kappa shape index (κ3) is 20.6. The molecule has 8 heterocycles. The number of ether oxygens (including phenoxy) is 7. The number of aromatic hydroxyl groups is 4. The second-order valence-corrected chi connectivity index (χ2v) is 33.8. The summed E-state index contributed by atoms with van der Waals surface area (Å²) in [5.74, 6) is -20.9. The number of aliphatic hydroxyl groups excluding tert-OH is 7. The topological polar surface area (TPSA) is 521 Å². The molecule has 8 aliphatic heterocycles. The third-order valence-corrected chi connectivity index (χ3v) is 24.4. The number of unbranched alkanes of at least 4 members (excludes halogenated alkanes) is 7. The lowest BCUT2D eigenvalue weighted by Crippen LogP contribution is -2.66. The van der Waals surface area contributed by atoms with E-state index in [9.17, 15) is 75.7 Å². The highest BCUT2D eigenvalue weighted by Crippen LogP contribution is 2.52. The number of phenolic OH excluding ortho intramolecular Hbond substituents is 4. The van der Waals surface area contributed by atoms with Crippen LogP contribution in [0.25, 0.3) is 11.1 Å². The number of carboxylic acid groups (broad SMARTS) is 1. The van der Waals surface area contributed by atoms with Crippen molar-refractivity contribution in [2.24, 2.45) is 11.8 Å². The van der Waals surface area contributed by atoms with Gasteiger partial charge in [0.05, 0.1) is 40.6 Å². The van der Waals surface area contributed by atoms with Crippen molar-refractivity contribution in [3.63, 3.8) is 0 Å². The summed E-state index contributed by atoms with van der Waals surface area (Å²) in [7, 11) is 1.45. The number of hydrogen-bond donors (Lipinski definition) is 17. The molecular weight excluding hydrogens is 1680 g/mol. The van der Waals surface area contributed by atoms with Crippen molar-refractivity contribution in [1.82, 2.24) is 26.6 Å². The molecule has 0 radical (unpaired) electrons. The summed E-state index contributed by atoms with van der Waals surface area (Å²) in [6.07, 6.45) is -17.5. The fourth-order valence-electron chi connectivity index (χ4n) is 16.7. The number of aliphatic carboxylic acids is 1. The first-order chi connectivity index (χ1) is 60.2. The summed E-state index contributed by atoms with van der Waals surface area (Å²) in [5, 5.41) is 151. The van der Waals surface area contributed by atoms with Crippen LogP contribution >= 0.6 is 23.2 Å². The predicted molar refractivity (Wildman–Crippen MR) is 449 cm³/mol. The maximum atomic E-state index is 17.0. The fraction of sp³-hybridized carbons (Fsp3) is 0.440. The molecule has 7 aromatic carbocycles. The Kier molecular flexibility index (Phi) is 29.6. The standard InChI is InChI=1S/C91H101Cl2N5O28/c1-5-6-11-15-60(103)76-54-33-47(100)34-67(123-91-83(114)81(112)79(110)70(40-99)124-91)72(54)53-28-43(19-24-58(53)101)50-37-64(107)74-46-31-68(120-48-22-17-42(18-23-48)27-57-62(105)38-52(86(115)97-74)51-35-49(36-63(106)73(51)93)121-66-30-44(20-25-59(66)102)75(94-4)88(117)95-57)84(69(32-46)122-65-26-21-45(29-56(65)92)78(109)55(39-61(50)104)87(116)98-76)125-90-77(80(111)82(113)85(126-90)89(118)119)96-71(108)16-13-10-8-7-9-12-14-41(2)3/h17-26,28-36,41,50,52,55,57,70,74-83,85,90-91,94,99-102,106,109-114H,5-16,27,37-40H2,1-4H3,(H,95,117)(H,96,108)(H,97,115)(H,98,116)(H,118,119)/t50-,52-,55-,57+,70?,74+,75+,76-,77?,78+,79+,80?,81?,82-,83+,85?,90+,91-/m0/s1. The van der Waals surface area contributed by atoms with Crippen molar-refractivity contribution in [3.05, 3.63) is 164 Å². The quantitative estimate of drug-likeness (QED) is 0.0281. The van der Waals surface area contributed by atoms with Crippen LogP contribution in [0.15, 0.2) is 115 Å². The van der Waals surface area contributed by atoms with Crippen molar-refractivity contribution >= 4 is 75.9 Å². The van der Waals surface area contributed by atoms with E-state index in [-0.39, 0.29) is 87.6 Å². The number of halogens is 2. The number of benzene rings is 7. The second-order valence-electron chi connectivity index (χ2n) is 33.0. The first kappa shape index (κ1) is 92.6. The minimum Gasteiger partial charge on any atom is -0.508 e. The van der Waals surface area contributed by atoms with Crippen molar-refractivity contribution in [2.75, 3.05) is 13.7 Å². The maximum Gasteiger partial charge on any atom is 0.335 e. The van der Waals surface area contributed by atoms with Gasteiger partial charge in [-0.1, -0.05) is 126 Å². The Hall–Kier alpha value is -11.1. The molecule has 126 heavy (non-hydrogen) atoms. The highest BCUT2D eigenvalue weighted by molar-refractivity contribution is 6.33. The Balaban J connectivity index is 1.04. The third-order valence-electron chi connectivity index (χ3n) is 23.7. The van der Waals surface area contributed by atoms with Crippen LogP contribution in [0.3, 0.4) is 0 Å². The van der Waals surface area contributed by atoms with Crippen LogP contribution in [0.5, 0.6) is 69.0 Å². The van der Waals surface area contributed by atoms with E-state index >= 15 is 28.8 Å². The molecule has 672 valence electrons. The van der Waals surface area contributed by atoms with Gasteiger partial charge in [-0.15, -0.1) is 0 Å². The van der Waals surface area contributed by atoms with Gasteiger partial charge in [0.15, 0.2) is 46.5 Å². The average molecular weight is 1780 g/mol. The molecule has 35 heteroatoms. The molecule has 8 aliphatic rings. The maximum absolute atomic E-state index is 17.0. The van der Waals surface area contributed by atoms with Gasteiger partial charge < -0.3 is 121 Å². The van der Waals surface area contributed by atoms with Crippen LogP contribution in [0, 0.1) is 11.8 Å². The summed E-state index contributed by atoms with van der Waals surface area (Å²) in [6, 6.07) is 14.5. The van der Waals surface area contributed by atoms with E-state index < -0.39 is 250 Å². The van der Waals surface area contributed by atoms with E-state index in [1.54, 1.807) is 0 Å². The van der Waals surface area contributed by atoms with Crippen LogP contribution in [-0.4, -0.2) is 195 Å².